The first-order chi connectivity index (χ1) is 14.0. The molecule has 0 radical (unpaired) electrons. The monoisotopic (exact) mass is 396 g/mol. The molecule has 0 bridgehead atoms. The topological polar surface area (TPSA) is 63.1 Å². The summed E-state index contributed by atoms with van der Waals surface area (Å²) in [7, 11) is 1.67. The third-order valence-corrected chi connectivity index (χ3v) is 5.39. The predicted molar refractivity (Wildman–Crippen MR) is 112 cm³/mol. The Balaban J connectivity index is 1.48. The molecule has 0 saturated carbocycles. The molecule has 1 heterocycles. The Morgan fingerprint density at radius 2 is 1.83 bits per heavy atom. The Morgan fingerprint density at radius 1 is 1.14 bits per heavy atom. The highest BCUT2D eigenvalue weighted by Gasteiger charge is 2.27. The van der Waals surface area contributed by atoms with Crippen molar-refractivity contribution in [2.45, 2.75) is 26.4 Å². The molecule has 6 nitrogen and oxygen atoms in total. The standard InChI is InChI=1S/C23H29N3O3/c1-17-5-4-6-20(15-17)22(27)24-18(2)23(28)26-13-11-25(12-14-26)16-19-7-9-21(29-3)10-8-19/h4-10,15,18H,11-14,16H2,1-3H3,(H,24,27)/p+1/t18-/m0/s1. The lowest BCUT2D eigenvalue weighted by molar-refractivity contribution is -0.917. The van der Waals surface area contributed by atoms with Gasteiger partial charge in [-0.3, -0.25) is 9.59 Å². The summed E-state index contributed by atoms with van der Waals surface area (Å²) in [6, 6.07) is 15.0. The number of benzene rings is 2. The number of ether oxygens (including phenoxy) is 1. The fourth-order valence-corrected chi connectivity index (χ4v) is 3.65. The van der Waals surface area contributed by atoms with Gasteiger partial charge < -0.3 is 19.9 Å². The van der Waals surface area contributed by atoms with Gasteiger partial charge in [-0.1, -0.05) is 17.7 Å². The largest absolute Gasteiger partial charge is 0.497 e. The van der Waals surface area contributed by atoms with Gasteiger partial charge in [0.2, 0.25) is 5.91 Å². The molecular formula is C23H30N3O3+. The van der Waals surface area contributed by atoms with E-state index in [-0.39, 0.29) is 11.8 Å². The number of hydrogen-bond acceptors (Lipinski definition) is 3. The van der Waals surface area contributed by atoms with E-state index >= 15 is 0 Å². The molecule has 2 N–H and O–H groups in total. The number of aryl methyl sites for hydroxylation is 1. The number of methoxy groups -OCH3 is 1. The molecule has 1 saturated heterocycles. The van der Waals surface area contributed by atoms with Gasteiger partial charge in [0.05, 0.1) is 33.3 Å². The second-order valence-corrected chi connectivity index (χ2v) is 7.66. The van der Waals surface area contributed by atoms with Gasteiger partial charge in [-0.2, -0.15) is 0 Å². The normalized spacial score (nSPS) is 15.6. The van der Waals surface area contributed by atoms with Gasteiger partial charge in [0.1, 0.15) is 18.3 Å². The number of carbonyl (C=O) groups is 2. The van der Waals surface area contributed by atoms with Crippen molar-refractivity contribution in [3.8, 4) is 5.75 Å². The van der Waals surface area contributed by atoms with Gasteiger partial charge in [-0.05, 0) is 50.2 Å². The van der Waals surface area contributed by atoms with E-state index in [1.54, 1.807) is 20.1 Å². The van der Waals surface area contributed by atoms with Crippen molar-refractivity contribution in [1.29, 1.82) is 0 Å². The van der Waals surface area contributed by atoms with Gasteiger partial charge >= 0.3 is 0 Å². The van der Waals surface area contributed by atoms with Gasteiger partial charge in [-0.15, -0.1) is 0 Å². The number of piperazine rings is 1. The van der Waals surface area contributed by atoms with Crippen molar-refractivity contribution < 1.29 is 19.2 Å². The Kier molecular flexibility index (Phi) is 6.88. The van der Waals surface area contributed by atoms with Crippen molar-refractivity contribution in [3.05, 3.63) is 65.2 Å². The molecule has 0 aliphatic carbocycles. The average molecular weight is 397 g/mol. The second-order valence-electron chi connectivity index (χ2n) is 7.66. The summed E-state index contributed by atoms with van der Waals surface area (Å²) in [5, 5.41) is 2.83. The molecule has 1 fully saturated rings. The number of carbonyl (C=O) groups excluding carboxylic acids is 2. The van der Waals surface area contributed by atoms with Crippen LogP contribution >= 0.6 is 0 Å². The molecular weight excluding hydrogens is 366 g/mol. The van der Waals surface area contributed by atoms with E-state index < -0.39 is 6.04 Å². The van der Waals surface area contributed by atoms with Crippen LogP contribution in [0.4, 0.5) is 0 Å². The lowest BCUT2D eigenvalue weighted by Gasteiger charge is -2.33. The molecule has 6 heteroatoms. The summed E-state index contributed by atoms with van der Waals surface area (Å²) < 4.78 is 5.20. The van der Waals surface area contributed by atoms with E-state index in [0.29, 0.717) is 18.7 Å². The third-order valence-electron chi connectivity index (χ3n) is 5.39. The van der Waals surface area contributed by atoms with Crippen LogP contribution in [0.15, 0.2) is 48.5 Å². The lowest BCUT2D eigenvalue weighted by Crippen LogP contribution is -3.13. The van der Waals surface area contributed by atoms with Crippen LogP contribution in [0.2, 0.25) is 0 Å². The number of nitrogens with one attached hydrogen (secondary N) is 2. The Morgan fingerprint density at radius 3 is 2.45 bits per heavy atom. The summed E-state index contributed by atoms with van der Waals surface area (Å²) in [5.74, 6) is 0.633. The van der Waals surface area contributed by atoms with Gasteiger partial charge in [-0.25, -0.2) is 0 Å². The van der Waals surface area contributed by atoms with E-state index in [1.807, 2.05) is 42.2 Å². The molecule has 0 spiro atoms. The SMILES string of the molecule is COc1ccc(C[NH+]2CCN(C(=O)[C@H](C)NC(=O)c3cccc(C)c3)CC2)cc1. The molecule has 3 rings (SSSR count). The number of nitrogens with zero attached hydrogens (tertiary/aromatic N) is 1. The molecule has 1 aliphatic heterocycles. The van der Waals surface area contributed by atoms with Gasteiger partial charge in [0.15, 0.2) is 0 Å². The van der Waals surface area contributed by atoms with Crippen LogP contribution in [-0.2, 0) is 11.3 Å². The number of rotatable bonds is 6. The van der Waals surface area contributed by atoms with E-state index in [2.05, 4.69) is 17.4 Å². The van der Waals surface area contributed by atoms with Crippen LogP contribution in [0.1, 0.15) is 28.4 Å². The highest BCUT2D eigenvalue weighted by molar-refractivity contribution is 5.97. The number of quaternary nitrogens is 1. The lowest BCUT2D eigenvalue weighted by atomic mass is 10.1. The molecule has 154 valence electrons. The van der Waals surface area contributed by atoms with Crippen molar-refractivity contribution >= 4 is 11.8 Å². The zero-order valence-electron chi connectivity index (χ0n) is 17.4. The minimum absolute atomic E-state index is 0.0190. The zero-order chi connectivity index (χ0) is 20.8. The summed E-state index contributed by atoms with van der Waals surface area (Å²) in [6.45, 7) is 7.84. The minimum atomic E-state index is -0.536. The highest BCUT2D eigenvalue weighted by Crippen LogP contribution is 2.10. The van der Waals surface area contributed by atoms with Crippen LogP contribution in [0, 0.1) is 6.92 Å². The summed E-state index contributed by atoms with van der Waals surface area (Å²) in [6.07, 6.45) is 0. The van der Waals surface area contributed by atoms with Gasteiger partial charge in [0.25, 0.3) is 5.91 Å². The number of amides is 2. The van der Waals surface area contributed by atoms with Crippen molar-refractivity contribution in [2.75, 3.05) is 33.3 Å². The number of hydrogen-bond donors (Lipinski definition) is 2. The predicted octanol–water partition coefficient (Wildman–Crippen LogP) is 1.05. The van der Waals surface area contributed by atoms with E-state index in [4.69, 9.17) is 4.74 Å². The molecule has 0 aromatic heterocycles. The van der Waals surface area contributed by atoms with E-state index in [9.17, 15) is 9.59 Å². The summed E-state index contributed by atoms with van der Waals surface area (Å²) in [5.41, 5.74) is 2.87. The van der Waals surface area contributed by atoms with Crippen molar-refractivity contribution in [1.82, 2.24) is 10.2 Å². The van der Waals surface area contributed by atoms with Crippen LogP contribution in [0.3, 0.4) is 0 Å². The first-order valence-electron chi connectivity index (χ1n) is 10.1. The fraction of sp³-hybridized carbons (Fsp3) is 0.391. The maximum atomic E-state index is 12.8. The smallest absolute Gasteiger partial charge is 0.251 e. The molecule has 2 aromatic rings. The Labute approximate surface area is 172 Å². The molecule has 2 aromatic carbocycles. The maximum Gasteiger partial charge on any atom is 0.251 e. The summed E-state index contributed by atoms with van der Waals surface area (Å²) >= 11 is 0. The zero-order valence-corrected chi connectivity index (χ0v) is 17.4. The van der Waals surface area contributed by atoms with Crippen molar-refractivity contribution in [2.24, 2.45) is 0 Å². The van der Waals surface area contributed by atoms with Crippen LogP contribution in [0.5, 0.6) is 5.75 Å². The Hall–Kier alpha value is -2.86. The van der Waals surface area contributed by atoms with Gasteiger partial charge in [0, 0.05) is 11.1 Å². The minimum Gasteiger partial charge on any atom is -0.497 e. The molecule has 29 heavy (non-hydrogen) atoms. The van der Waals surface area contributed by atoms with E-state index in [1.165, 1.54) is 10.5 Å². The molecule has 1 atom stereocenters. The molecule has 2 amide bonds. The molecule has 0 unspecified atom stereocenters. The third kappa shape index (κ3) is 5.57. The quantitative estimate of drug-likeness (QED) is 0.767. The fourth-order valence-electron chi connectivity index (χ4n) is 3.65. The summed E-state index contributed by atoms with van der Waals surface area (Å²) in [4.78, 5) is 28.5. The van der Waals surface area contributed by atoms with Crippen LogP contribution < -0.4 is 15.0 Å². The van der Waals surface area contributed by atoms with Crippen molar-refractivity contribution in [3.63, 3.8) is 0 Å². The first kappa shape index (κ1) is 20.9. The highest BCUT2D eigenvalue weighted by atomic mass is 16.5. The Bertz CT molecular complexity index is 843. The average Bonchev–Trinajstić information content (AvgIpc) is 2.74. The molecule has 1 aliphatic rings. The maximum absolute atomic E-state index is 12.8. The van der Waals surface area contributed by atoms with Crippen LogP contribution in [0.25, 0.3) is 0 Å². The van der Waals surface area contributed by atoms with E-state index in [0.717, 1.165) is 30.9 Å². The first-order valence-corrected chi connectivity index (χ1v) is 10.1. The van der Waals surface area contributed by atoms with Crippen LogP contribution in [-0.4, -0.2) is 56.0 Å². The second kappa shape index (κ2) is 9.56.